The predicted molar refractivity (Wildman–Crippen MR) is 82.6 cm³/mol. The number of rotatable bonds is 2. The summed E-state index contributed by atoms with van der Waals surface area (Å²) < 4.78 is 5.20. The van der Waals surface area contributed by atoms with Crippen LogP contribution in [0.5, 0.6) is 0 Å². The molecule has 3 aromatic rings. The average molecular weight is 297 g/mol. The summed E-state index contributed by atoms with van der Waals surface area (Å²) in [6.07, 6.45) is 0.918. The van der Waals surface area contributed by atoms with E-state index in [4.69, 9.17) is 5.73 Å². The minimum Gasteiger partial charge on any atom is -0.382 e. The number of fused-ring (bicyclic) bond motifs is 2. The summed E-state index contributed by atoms with van der Waals surface area (Å²) in [6.45, 7) is 1.41. The molecule has 3 heterocycles. The number of hydrogen-bond acceptors (Lipinski definition) is 5. The lowest BCUT2D eigenvalue weighted by Crippen LogP contribution is -2.16. The minimum atomic E-state index is -0.197. The molecule has 1 aliphatic rings. The molecule has 112 valence electrons. The molecule has 1 aromatic carbocycles. The fourth-order valence-corrected chi connectivity index (χ4v) is 2.84. The van der Waals surface area contributed by atoms with E-state index in [2.05, 4.69) is 15.2 Å². The summed E-state index contributed by atoms with van der Waals surface area (Å²) in [5, 5.41) is 8.18. The molecule has 0 unspecified atom stereocenters. The molecular weight excluding hydrogens is 282 g/mol. The van der Waals surface area contributed by atoms with E-state index >= 15 is 0 Å². The maximum absolute atomic E-state index is 12.2. The molecule has 2 aromatic heterocycles. The molecule has 0 saturated carbocycles. The molecule has 0 aliphatic carbocycles. The number of hydrogen-bond donors (Lipinski definition) is 1. The Morgan fingerprint density at radius 1 is 1.18 bits per heavy atom. The van der Waals surface area contributed by atoms with Crippen LogP contribution in [0.25, 0.3) is 11.0 Å². The Balaban J connectivity index is 1.79. The zero-order valence-corrected chi connectivity index (χ0v) is 12.1. The van der Waals surface area contributed by atoms with Crippen LogP contribution in [-0.4, -0.2) is 18.9 Å². The van der Waals surface area contributed by atoms with Gasteiger partial charge in [-0.1, -0.05) is 12.1 Å². The summed E-state index contributed by atoms with van der Waals surface area (Å²) in [6, 6.07) is 7.72. The summed E-state index contributed by atoms with van der Waals surface area (Å²) in [5.41, 5.74) is 7.78. The monoisotopic (exact) mass is 297 g/mol. The Morgan fingerprint density at radius 3 is 2.73 bits per heavy atom. The molecule has 22 heavy (non-hydrogen) atoms. The highest BCUT2D eigenvalue weighted by Gasteiger charge is 2.21. The molecule has 2 N–H and O–H groups in total. The first kappa shape index (κ1) is 12.8. The fraction of sp³-hybridized carbons (Fsp3) is 0.286. The molecule has 0 fully saturated rings. The van der Waals surface area contributed by atoms with Gasteiger partial charge in [0.25, 0.3) is 5.56 Å². The molecular formula is C14H15N7O. The third-order valence-corrected chi connectivity index (χ3v) is 3.99. The number of nitrogens with zero attached hydrogens (tertiary/aromatic N) is 6. The van der Waals surface area contributed by atoms with Crippen LogP contribution in [-0.2, 0) is 20.1 Å². The van der Waals surface area contributed by atoms with Crippen molar-refractivity contribution in [3.05, 3.63) is 34.6 Å². The van der Waals surface area contributed by atoms with Gasteiger partial charge in [-0.2, -0.15) is 0 Å². The third-order valence-electron chi connectivity index (χ3n) is 3.99. The molecule has 0 radical (unpaired) electrons. The molecule has 1 aliphatic heterocycles. The van der Waals surface area contributed by atoms with Gasteiger partial charge in [-0.05, 0) is 18.6 Å². The molecule has 0 amide bonds. The molecule has 8 nitrogen and oxygen atoms in total. The number of aryl methyl sites for hydroxylation is 1. The Kier molecular flexibility index (Phi) is 2.65. The van der Waals surface area contributed by atoms with E-state index < -0.39 is 0 Å². The molecule has 8 heteroatoms. The van der Waals surface area contributed by atoms with Crippen LogP contribution < -0.4 is 11.3 Å². The van der Waals surface area contributed by atoms with Crippen molar-refractivity contribution in [2.45, 2.75) is 19.5 Å². The van der Waals surface area contributed by atoms with Gasteiger partial charge in [0.2, 0.25) is 5.95 Å². The number of aromatic nitrogens is 4. The lowest BCUT2D eigenvalue weighted by Gasteiger charge is -1.99. The Morgan fingerprint density at radius 2 is 1.95 bits per heavy atom. The van der Waals surface area contributed by atoms with Crippen molar-refractivity contribution < 1.29 is 0 Å². The molecule has 0 bridgehead atoms. The summed E-state index contributed by atoms with van der Waals surface area (Å²) in [5.74, 6) is 0.807. The van der Waals surface area contributed by atoms with Gasteiger partial charge in [-0.15, -0.1) is 10.2 Å². The van der Waals surface area contributed by atoms with Crippen LogP contribution in [0.1, 0.15) is 6.42 Å². The normalized spacial score (nSPS) is 14.2. The largest absolute Gasteiger partial charge is 0.382 e. The highest BCUT2D eigenvalue weighted by atomic mass is 16.1. The van der Waals surface area contributed by atoms with E-state index in [-0.39, 0.29) is 11.2 Å². The van der Waals surface area contributed by atoms with E-state index in [1.807, 2.05) is 35.9 Å². The second kappa shape index (κ2) is 4.55. The van der Waals surface area contributed by atoms with Gasteiger partial charge < -0.3 is 10.3 Å². The predicted octanol–water partition coefficient (Wildman–Crippen LogP) is 1.94. The van der Waals surface area contributed by atoms with Gasteiger partial charge in [0.1, 0.15) is 0 Å². The van der Waals surface area contributed by atoms with Gasteiger partial charge in [-0.25, -0.2) is 9.67 Å². The van der Waals surface area contributed by atoms with E-state index in [1.165, 1.54) is 0 Å². The van der Waals surface area contributed by atoms with E-state index in [0.717, 1.165) is 24.0 Å². The quantitative estimate of drug-likeness (QED) is 0.732. The maximum Gasteiger partial charge on any atom is 0.296 e. The van der Waals surface area contributed by atoms with Crippen LogP contribution in [0.2, 0.25) is 0 Å². The number of imidazole rings is 1. The molecule has 0 saturated heterocycles. The van der Waals surface area contributed by atoms with Crippen LogP contribution in [0.3, 0.4) is 0 Å². The smallest absolute Gasteiger partial charge is 0.296 e. The van der Waals surface area contributed by atoms with Crippen molar-refractivity contribution in [1.29, 1.82) is 0 Å². The zero-order chi connectivity index (χ0) is 15.3. The standard InChI is InChI=1S/C14H15N7O/c1-19-10-6-3-2-5-9(10)16-14(19)18-17-11-12(15)20-7-4-8-21(20)13(11)22/h2-3,5-6H,4,7-8,15H2,1H3. The minimum absolute atomic E-state index is 0.187. The van der Waals surface area contributed by atoms with Crippen molar-refractivity contribution >= 4 is 28.5 Å². The SMILES string of the molecule is Cn1c(N=Nc2c(N)n3n(c2=O)CCC3)nc2ccccc21. The van der Waals surface area contributed by atoms with Gasteiger partial charge in [0.15, 0.2) is 11.5 Å². The van der Waals surface area contributed by atoms with Crippen LogP contribution in [0, 0.1) is 0 Å². The van der Waals surface area contributed by atoms with Crippen molar-refractivity contribution in [2.75, 3.05) is 5.73 Å². The lowest BCUT2D eigenvalue weighted by molar-refractivity contribution is 0.601. The lowest BCUT2D eigenvalue weighted by atomic mass is 10.3. The van der Waals surface area contributed by atoms with Crippen LogP contribution in [0.4, 0.5) is 17.5 Å². The number of nitrogen functional groups attached to an aromatic ring is 1. The second-order valence-electron chi connectivity index (χ2n) is 5.30. The third kappa shape index (κ3) is 1.70. The van der Waals surface area contributed by atoms with Gasteiger partial charge in [-0.3, -0.25) is 9.48 Å². The number of azo groups is 1. The van der Waals surface area contributed by atoms with Crippen molar-refractivity contribution in [3.8, 4) is 0 Å². The van der Waals surface area contributed by atoms with E-state index in [9.17, 15) is 4.79 Å². The molecule has 4 rings (SSSR count). The van der Waals surface area contributed by atoms with Gasteiger partial charge in [0, 0.05) is 20.1 Å². The first-order chi connectivity index (χ1) is 10.7. The average Bonchev–Trinajstić information content (AvgIpc) is 3.18. The first-order valence-electron chi connectivity index (χ1n) is 7.09. The molecule has 0 spiro atoms. The Bertz CT molecular complexity index is 960. The first-order valence-corrected chi connectivity index (χ1v) is 7.09. The van der Waals surface area contributed by atoms with Crippen molar-refractivity contribution in [2.24, 2.45) is 17.3 Å². The topological polar surface area (TPSA) is 95.5 Å². The highest BCUT2D eigenvalue weighted by molar-refractivity contribution is 5.77. The van der Waals surface area contributed by atoms with Gasteiger partial charge >= 0.3 is 0 Å². The van der Waals surface area contributed by atoms with E-state index in [0.29, 0.717) is 18.3 Å². The van der Waals surface area contributed by atoms with E-state index in [1.54, 1.807) is 9.36 Å². The number of anilines is 1. The zero-order valence-electron chi connectivity index (χ0n) is 12.1. The Labute approximate surface area is 125 Å². The number of benzene rings is 1. The highest BCUT2D eigenvalue weighted by Crippen LogP contribution is 2.25. The summed E-state index contributed by atoms with van der Waals surface area (Å²) in [4.78, 5) is 16.6. The summed E-state index contributed by atoms with van der Waals surface area (Å²) >= 11 is 0. The fourth-order valence-electron chi connectivity index (χ4n) is 2.84. The van der Waals surface area contributed by atoms with Gasteiger partial charge in [0.05, 0.1) is 11.0 Å². The van der Waals surface area contributed by atoms with Crippen LogP contribution >= 0.6 is 0 Å². The number of para-hydroxylation sites is 2. The van der Waals surface area contributed by atoms with Crippen LogP contribution in [0.15, 0.2) is 39.3 Å². The Hall–Kier alpha value is -2.90. The van der Waals surface area contributed by atoms with Crippen molar-refractivity contribution in [3.63, 3.8) is 0 Å². The second-order valence-corrected chi connectivity index (χ2v) is 5.30. The number of nitrogens with two attached hydrogens (primary N) is 1. The van der Waals surface area contributed by atoms with Crippen molar-refractivity contribution in [1.82, 2.24) is 18.9 Å². The maximum atomic E-state index is 12.2. The summed E-state index contributed by atoms with van der Waals surface area (Å²) in [7, 11) is 1.86. The molecule has 0 atom stereocenters.